The summed E-state index contributed by atoms with van der Waals surface area (Å²) < 4.78 is 7.24. The van der Waals surface area contributed by atoms with E-state index in [0.717, 1.165) is 30.1 Å². The number of fused-ring (bicyclic) bond motifs is 1. The molecule has 0 radical (unpaired) electrons. The van der Waals surface area contributed by atoms with Crippen LogP contribution in [0.15, 0.2) is 30.9 Å². The van der Waals surface area contributed by atoms with Gasteiger partial charge in [0.2, 0.25) is 5.91 Å². The molecule has 0 saturated carbocycles. The molecular weight excluding hydrogens is 270 g/mol. The van der Waals surface area contributed by atoms with Gasteiger partial charge < -0.3 is 15.4 Å². The van der Waals surface area contributed by atoms with Crippen molar-refractivity contribution in [3.8, 4) is 5.75 Å². The highest BCUT2D eigenvalue weighted by atomic mass is 16.5. The summed E-state index contributed by atoms with van der Waals surface area (Å²) in [5, 5.41) is 10.1. The van der Waals surface area contributed by atoms with Gasteiger partial charge in [-0.05, 0) is 18.2 Å². The van der Waals surface area contributed by atoms with E-state index in [1.165, 1.54) is 6.33 Å². The molecule has 0 spiro atoms. The SMILES string of the molecule is O=C(CCn1cncn1)Nc1ccc2c(c1)CNCCO2. The summed E-state index contributed by atoms with van der Waals surface area (Å²) >= 11 is 0. The monoisotopic (exact) mass is 287 g/mol. The van der Waals surface area contributed by atoms with Gasteiger partial charge in [-0.2, -0.15) is 5.10 Å². The lowest BCUT2D eigenvalue weighted by Crippen LogP contribution is -2.16. The van der Waals surface area contributed by atoms with E-state index in [0.29, 0.717) is 19.6 Å². The highest BCUT2D eigenvalue weighted by Gasteiger charge is 2.10. The number of aromatic nitrogens is 3. The number of nitrogens with one attached hydrogen (secondary N) is 2. The maximum atomic E-state index is 11.9. The lowest BCUT2D eigenvalue weighted by atomic mass is 10.1. The molecule has 0 unspecified atom stereocenters. The quantitative estimate of drug-likeness (QED) is 0.869. The van der Waals surface area contributed by atoms with Crippen molar-refractivity contribution in [3.63, 3.8) is 0 Å². The molecule has 21 heavy (non-hydrogen) atoms. The second kappa shape index (κ2) is 6.36. The zero-order valence-electron chi connectivity index (χ0n) is 11.6. The summed E-state index contributed by atoms with van der Waals surface area (Å²) in [4.78, 5) is 15.8. The number of hydrogen-bond acceptors (Lipinski definition) is 5. The number of hydrogen-bond donors (Lipinski definition) is 2. The molecule has 2 heterocycles. The Bertz CT molecular complexity index is 612. The Kier molecular flexibility index (Phi) is 4.11. The topological polar surface area (TPSA) is 81.1 Å². The minimum absolute atomic E-state index is 0.0482. The summed E-state index contributed by atoms with van der Waals surface area (Å²) in [6.07, 6.45) is 3.41. The van der Waals surface area contributed by atoms with Crippen LogP contribution in [0.25, 0.3) is 0 Å². The van der Waals surface area contributed by atoms with Crippen molar-refractivity contribution >= 4 is 11.6 Å². The molecule has 2 N–H and O–H groups in total. The van der Waals surface area contributed by atoms with Crippen LogP contribution in [0.1, 0.15) is 12.0 Å². The number of nitrogens with zero attached hydrogens (tertiary/aromatic N) is 3. The fourth-order valence-electron chi connectivity index (χ4n) is 2.18. The van der Waals surface area contributed by atoms with Crippen LogP contribution >= 0.6 is 0 Å². The van der Waals surface area contributed by atoms with Crippen LogP contribution in [-0.2, 0) is 17.9 Å². The van der Waals surface area contributed by atoms with Crippen LogP contribution in [0, 0.1) is 0 Å². The standard InChI is InChI=1S/C14H17N5O2/c20-14(3-5-19-10-16-9-17-19)18-12-1-2-13-11(7-12)8-15-4-6-21-13/h1-2,7,9-10,15H,3-6,8H2,(H,18,20). The first kappa shape index (κ1) is 13.6. The Morgan fingerprint density at radius 2 is 2.43 bits per heavy atom. The van der Waals surface area contributed by atoms with E-state index in [9.17, 15) is 4.79 Å². The van der Waals surface area contributed by atoms with Crippen LogP contribution in [0.4, 0.5) is 5.69 Å². The van der Waals surface area contributed by atoms with E-state index in [4.69, 9.17) is 4.74 Å². The summed E-state index contributed by atoms with van der Waals surface area (Å²) in [6.45, 7) is 2.75. The summed E-state index contributed by atoms with van der Waals surface area (Å²) in [5.41, 5.74) is 1.84. The Morgan fingerprint density at radius 3 is 3.29 bits per heavy atom. The maximum Gasteiger partial charge on any atom is 0.226 e. The third kappa shape index (κ3) is 3.57. The Balaban J connectivity index is 1.59. The number of carbonyl (C=O) groups excluding carboxylic acids is 1. The van der Waals surface area contributed by atoms with Crippen molar-refractivity contribution in [1.82, 2.24) is 20.1 Å². The van der Waals surface area contributed by atoms with Crippen molar-refractivity contribution in [1.29, 1.82) is 0 Å². The minimum atomic E-state index is -0.0482. The maximum absolute atomic E-state index is 11.9. The predicted molar refractivity (Wildman–Crippen MR) is 76.9 cm³/mol. The van der Waals surface area contributed by atoms with Crippen LogP contribution < -0.4 is 15.4 Å². The van der Waals surface area contributed by atoms with Crippen LogP contribution in [0.3, 0.4) is 0 Å². The Morgan fingerprint density at radius 1 is 1.48 bits per heavy atom. The van der Waals surface area contributed by atoms with Gasteiger partial charge in [0.25, 0.3) is 0 Å². The molecule has 2 aromatic rings. The highest BCUT2D eigenvalue weighted by Crippen LogP contribution is 2.24. The molecule has 0 saturated heterocycles. The molecule has 1 aliphatic heterocycles. The first-order valence-corrected chi connectivity index (χ1v) is 6.90. The number of rotatable bonds is 4. The summed E-state index contributed by atoms with van der Waals surface area (Å²) in [7, 11) is 0. The molecule has 110 valence electrons. The van der Waals surface area contributed by atoms with Crippen LogP contribution in [0.2, 0.25) is 0 Å². The van der Waals surface area contributed by atoms with Gasteiger partial charge >= 0.3 is 0 Å². The van der Waals surface area contributed by atoms with Crippen LogP contribution in [-0.4, -0.2) is 33.8 Å². The van der Waals surface area contributed by atoms with E-state index in [1.807, 2.05) is 18.2 Å². The normalized spacial score (nSPS) is 13.9. The molecule has 1 amide bonds. The first-order valence-electron chi connectivity index (χ1n) is 6.90. The first-order chi connectivity index (χ1) is 10.3. The molecule has 7 nitrogen and oxygen atoms in total. The van der Waals surface area contributed by atoms with Gasteiger partial charge in [0.05, 0.1) is 6.54 Å². The van der Waals surface area contributed by atoms with Gasteiger partial charge in [-0.15, -0.1) is 0 Å². The van der Waals surface area contributed by atoms with Crippen molar-refractivity contribution in [2.24, 2.45) is 0 Å². The number of benzene rings is 1. The number of carbonyl (C=O) groups is 1. The van der Waals surface area contributed by atoms with Crippen molar-refractivity contribution < 1.29 is 9.53 Å². The number of amides is 1. The van der Waals surface area contributed by atoms with E-state index in [2.05, 4.69) is 20.7 Å². The Hall–Kier alpha value is -2.41. The largest absolute Gasteiger partial charge is 0.492 e. The molecule has 0 bridgehead atoms. The van der Waals surface area contributed by atoms with Gasteiger partial charge in [0.1, 0.15) is 25.0 Å². The van der Waals surface area contributed by atoms with Crippen molar-refractivity contribution in [2.45, 2.75) is 19.5 Å². The molecule has 0 fully saturated rings. The van der Waals surface area contributed by atoms with Gasteiger partial charge in [-0.3, -0.25) is 9.48 Å². The summed E-state index contributed by atoms with van der Waals surface area (Å²) in [5.74, 6) is 0.827. The third-order valence-electron chi connectivity index (χ3n) is 3.23. The van der Waals surface area contributed by atoms with Crippen molar-refractivity contribution in [3.05, 3.63) is 36.4 Å². The van der Waals surface area contributed by atoms with Gasteiger partial charge in [-0.25, -0.2) is 4.98 Å². The molecule has 0 atom stereocenters. The van der Waals surface area contributed by atoms with Gasteiger partial charge in [-0.1, -0.05) is 0 Å². The average molecular weight is 287 g/mol. The highest BCUT2D eigenvalue weighted by molar-refractivity contribution is 5.90. The molecule has 0 aliphatic carbocycles. The molecule has 1 aromatic heterocycles. The number of ether oxygens (including phenoxy) is 1. The lowest BCUT2D eigenvalue weighted by Gasteiger charge is -2.10. The zero-order chi connectivity index (χ0) is 14.5. The predicted octanol–water partition coefficient (Wildman–Crippen LogP) is 0.789. The van der Waals surface area contributed by atoms with Gasteiger partial charge in [0.15, 0.2) is 0 Å². The van der Waals surface area contributed by atoms with Gasteiger partial charge in [0, 0.05) is 30.8 Å². The zero-order valence-corrected chi connectivity index (χ0v) is 11.6. The van der Waals surface area contributed by atoms with E-state index >= 15 is 0 Å². The third-order valence-corrected chi connectivity index (χ3v) is 3.23. The van der Waals surface area contributed by atoms with E-state index < -0.39 is 0 Å². The van der Waals surface area contributed by atoms with E-state index in [-0.39, 0.29) is 5.91 Å². The number of aryl methyl sites for hydroxylation is 1. The fourth-order valence-corrected chi connectivity index (χ4v) is 2.18. The second-order valence-electron chi connectivity index (χ2n) is 4.80. The second-order valence-corrected chi connectivity index (χ2v) is 4.80. The molecular formula is C14H17N5O2. The minimum Gasteiger partial charge on any atom is -0.492 e. The fraction of sp³-hybridized carbons (Fsp3) is 0.357. The smallest absolute Gasteiger partial charge is 0.226 e. The van der Waals surface area contributed by atoms with E-state index in [1.54, 1.807) is 11.0 Å². The van der Waals surface area contributed by atoms with Crippen LogP contribution in [0.5, 0.6) is 5.75 Å². The number of anilines is 1. The lowest BCUT2D eigenvalue weighted by molar-refractivity contribution is -0.116. The summed E-state index contributed by atoms with van der Waals surface area (Å²) in [6, 6.07) is 5.70. The molecule has 1 aliphatic rings. The molecule has 3 rings (SSSR count). The Labute approximate surface area is 122 Å². The van der Waals surface area contributed by atoms with Crippen molar-refractivity contribution in [2.75, 3.05) is 18.5 Å². The molecule has 7 heteroatoms. The molecule has 1 aromatic carbocycles. The average Bonchev–Trinajstić information content (AvgIpc) is 2.90.